The van der Waals surface area contributed by atoms with Crippen molar-refractivity contribution in [2.24, 2.45) is 5.92 Å². The van der Waals surface area contributed by atoms with Gasteiger partial charge in [-0.15, -0.1) is 0 Å². The largest absolute Gasteiger partial charge is 0.367 e. The van der Waals surface area contributed by atoms with Crippen LogP contribution < -0.4 is 4.90 Å². The molecule has 2 heterocycles. The molecular formula is C38H48FN3O. The third-order valence-corrected chi connectivity index (χ3v) is 8.26. The molecule has 0 bridgehead atoms. The number of likely N-dealkylation sites (tertiary alicyclic amines) is 1. The summed E-state index contributed by atoms with van der Waals surface area (Å²) in [4.78, 5) is 16.9. The number of benzene rings is 3. The smallest absolute Gasteiger partial charge is 0.253 e. The number of amides is 1. The minimum atomic E-state index is -0.834. The van der Waals surface area contributed by atoms with E-state index in [9.17, 15) is 14.4 Å². The standard InChI is InChI=1S/C34H36FN3O.2C2H6/c1-22-12-14-38(20-22)34(39)28-8-10-31(24(3)17-28)23(2)16-26-6-5-7-32(25(26)4)27-9-11-33(29(18-27)19-36)37-15-13-30(35)21-37;2*1-2/h5-11,16-18,22,30H,12-15,20-21H2,1-4H3;2*1-2H3/b23-16+;;/t22-,30-;;/m0../s1. The lowest BCUT2D eigenvalue weighted by molar-refractivity contribution is 0.0788. The second-order valence-electron chi connectivity index (χ2n) is 11.2. The second kappa shape index (κ2) is 15.5. The van der Waals surface area contributed by atoms with E-state index in [2.05, 4.69) is 58.0 Å². The fourth-order valence-corrected chi connectivity index (χ4v) is 5.98. The molecule has 2 saturated heterocycles. The van der Waals surface area contributed by atoms with Crippen LogP contribution in [0.1, 0.15) is 92.6 Å². The van der Waals surface area contributed by atoms with Crippen LogP contribution in [0, 0.1) is 31.1 Å². The van der Waals surface area contributed by atoms with Crippen LogP contribution in [-0.2, 0) is 0 Å². The maximum atomic E-state index is 13.8. The Morgan fingerprint density at radius 3 is 2.33 bits per heavy atom. The minimum absolute atomic E-state index is 0.121. The summed E-state index contributed by atoms with van der Waals surface area (Å²) in [6.45, 7) is 19.1. The molecule has 5 heteroatoms. The summed E-state index contributed by atoms with van der Waals surface area (Å²) >= 11 is 0. The Morgan fingerprint density at radius 2 is 1.72 bits per heavy atom. The van der Waals surface area contributed by atoms with Crippen LogP contribution >= 0.6 is 0 Å². The fourth-order valence-electron chi connectivity index (χ4n) is 5.98. The highest BCUT2D eigenvalue weighted by Gasteiger charge is 2.25. The van der Waals surface area contributed by atoms with E-state index in [1.54, 1.807) is 0 Å². The second-order valence-corrected chi connectivity index (χ2v) is 11.2. The highest BCUT2D eigenvalue weighted by Crippen LogP contribution is 2.33. The molecule has 3 aromatic carbocycles. The van der Waals surface area contributed by atoms with Gasteiger partial charge in [-0.3, -0.25) is 4.79 Å². The number of anilines is 1. The van der Waals surface area contributed by atoms with E-state index in [1.807, 2.05) is 73.9 Å². The van der Waals surface area contributed by atoms with Gasteiger partial charge in [0.1, 0.15) is 12.2 Å². The van der Waals surface area contributed by atoms with Gasteiger partial charge in [0.2, 0.25) is 0 Å². The maximum Gasteiger partial charge on any atom is 0.253 e. The van der Waals surface area contributed by atoms with Crippen molar-refractivity contribution in [3.05, 3.63) is 88.0 Å². The Morgan fingerprint density at radius 1 is 0.977 bits per heavy atom. The Balaban J connectivity index is 0.00000121. The molecule has 0 saturated carbocycles. The number of hydrogen-bond donors (Lipinski definition) is 0. The molecule has 0 unspecified atom stereocenters. The molecule has 0 radical (unpaired) electrons. The van der Waals surface area contributed by atoms with Gasteiger partial charge in [0.15, 0.2) is 0 Å². The zero-order valence-corrected chi connectivity index (χ0v) is 27.3. The van der Waals surface area contributed by atoms with E-state index in [-0.39, 0.29) is 5.91 Å². The van der Waals surface area contributed by atoms with E-state index in [0.717, 1.165) is 69.7 Å². The highest BCUT2D eigenvalue weighted by molar-refractivity contribution is 5.95. The van der Waals surface area contributed by atoms with Crippen LogP contribution in [-0.4, -0.2) is 43.2 Å². The van der Waals surface area contributed by atoms with Crippen LogP contribution in [0.15, 0.2) is 54.6 Å². The van der Waals surface area contributed by atoms with Gasteiger partial charge in [0.25, 0.3) is 5.91 Å². The summed E-state index contributed by atoms with van der Waals surface area (Å²) in [5.41, 5.74) is 9.77. The first-order chi connectivity index (χ1) is 20.7. The molecule has 0 aliphatic carbocycles. The molecule has 5 rings (SSSR count). The van der Waals surface area contributed by atoms with Gasteiger partial charge in [-0.05, 0) is 103 Å². The molecule has 1 amide bonds. The number of rotatable bonds is 5. The van der Waals surface area contributed by atoms with E-state index >= 15 is 0 Å². The van der Waals surface area contributed by atoms with Gasteiger partial charge in [-0.25, -0.2) is 4.39 Å². The summed E-state index contributed by atoms with van der Waals surface area (Å²) in [6.07, 6.45) is 2.94. The molecule has 2 fully saturated rings. The van der Waals surface area contributed by atoms with Crippen LogP contribution in [0.25, 0.3) is 22.8 Å². The normalized spacial score (nSPS) is 17.9. The summed E-state index contributed by atoms with van der Waals surface area (Å²) < 4.78 is 13.8. The number of alkyl halides is 1. The lowest BCUT2D eigenvalue weighted by Crippen LogP contribution is -2.28. The first-order valence-corrected chi connectivity index (χ1v) is 15.9. The number of hydrogen-bond acceptors (Lipinski definition) is 3. The van der Waals surface area contributed by atoms with Crippen LogP contribution in [0.3, 0.4) is 0 Å². The lowest BCUT2D eigenvalue weighted by Gasteiger charge is -2.20. The molecule has 3 aromatic rings. The van der Waals surface area contributed by atoms with Crippen molar-refractivity contribution in [2.45, 2.75) is 74.4 Å². The van der Waals surface area contributed by atoms with E-state index in [1.165, 1.54) is 0 Å². The molecule has 0 N–H and O–H groups in total. The molecule has 0 aromatic heterocycles. The molecule has 43 heavy (non-hydrogen) atoms. The van der Waals surface area contributed by atoms with Gasteiger partial charge in [0.05, 0.1) is 11.3 Å². The fraction of sp³-hybridized carbons (Fsp3) is 0.421. The van der Waals surface area contributed by atoms with Gasteiger partial charge in [-0.2, -0.15) is 5.26 Å². The molecule has 0 spiro atoms. The van der Waals surface area contributed by atoms with Crippen molar-refractivity contribution < 1.29 is 9.18 Å². The molecule has 2 aliphatic heterocycles. The highest BCUT2D eigenvalue weighted by atomic mass is 19.1. The zero-order chi connectivity index (χ0) is 31.7. The van der Waals surface area contributed by atoms with Gasteiger partial charge < -0.3 is 9.80 Å². The number of aryl methyl sites for hydroxylation is 1. The van der Waals surface area contributed by atoms with Gasteiger partial charge in [-0.1, -0.05) is 71.0 Å². The number of nitrogens with zero attached hydrogens (tertiary/aromatic N) is 3. The van der Waals surface area contributed by atoms with Crippen molar-refractivity contribution in [1.82, 2.24) is 4.90 Å². The monoisotopic (exact) mass is 581 g/mol. The lowest BCUT2D eigenvalue weighted by atomic mass is 9.92. The average Bonchev–Trinajstić information content (AvgIpc) is 3.67. The Hall–Kier alpha value is -3.91. The summed E-state index contributed by atoms with van der Waals surface area (Å²) in [5.74, 6) is 0.688. The number of allylic oxidation sites excluding steroid dienone is 1. The van der Waals surface area contributed by atoms with Crippen LogP contribution in [0.5, 0.6) is 0 Å². The summed E-state index contributed by atoms with van der Waals surface area (Å²) in [6, 6.07) is 20.5. The Bertz CT molecular complexity index is 1480. The number of halogens is 1. The molecule has 4 nitrogen and oxygen atoms in total. The van der Waals surface area contributed by atoms with Crippen molar-refractivity contribution in [3.63, 3.8) is 0 Å². The van der Waals surface area contributed by atoms with E-state index in [0.29, 0.717) is 31.0 Å². The topological polar surface area (TPSA) is 47.3 Å². The third kappa shape index (κ3) is 7.73. The summed E-state index contributed by atoms with van der Waals surface area (Å²) in [5, 5.41) is 9.83. The maximum absolute atomic E-state index is 13.8. The molecular weight excluding hydrogens is 533 g/mol. The van der Waals surface area contributed by atoms with Crippen LogP contribution in [0.4, 0.5) is 10.1 Å². The van der Waals surface area contributed by atoms with Crippen LogP contribution in [0.2, 0.25) is 0 Å². The number of carbonyl (C=O) groups is 1. The Labute approximate surface area is 258 Å². The van der Waals surface area contributed by atoms with E-state index < -0.39 is 6.17 Å². The number of carbonyl (C=O) groups excluding carboxylic acids is 1. The van der Waals surface area contributed by atoms with E-state index in [4.69, 9.17) is 0 Å². The first kappa shape index (κ1) is 33.6. The van der Waals surface area contributed by atoms with Gasteiger partial charge >= 0.3 is 0 Å². The SMILES string of the molecule is C/C(=C\c1cccc(-c2ccc(N3CC[C@H](F)C3)c(C#N)c2)c1C)c1ccc(C(=O)N2CC[C@H](C)C2)cc1C.CC.CC. The molecule has 2 aliphatic rings. The summed E-state index contributed by atoms with van der Waals surface area (Å²) in [7, 11) is 0. The van der Waals surface area contributed by atoms with Crippen molar-refractivity contribution in [1.29, 1.82) is 5.26 Å². The van der Waals surface area contributed by atoms with Crippen molar-refractivity contribution in [3.8, 4) is 17.2 Å². The molecule has 2 atom stereocenters. The Kier molecular flexibility index (Phi) is 12.1. The zero-order valence-electron chi connectivity index (χ0n) is 27.3. The van der Waals surface area contributed by atoms with Crippen molar-refractivity contribution >= 4 is 23.2 Å². The number of nitriles is 1. The third-order valence-electron chi connectivity index (χ3n) is 8.26. The predicted octanol–water partition coefficient (Wildman–Crippen LogP) is 9.49. The average molecular weight is 582 g/mol. The van der Waals surface area contributed by atoms with Crippen molar-refractivity contribution in [2.75, 3.05) is 31.1 Å². The first-order valence-electron chi connectivity index (χ1n) is 15.9. The predicted molar refractivity (Wildman–Crippen MR) is 180 cm³/mol. The minimum Gasteiger partial charge on any atom is -0.367 e. The quantitative estimate of drug-likeness (QED) is 0.282. The molecule has 228 valence electrons. The van der Waals surface area contributed by atoms with Gasteiger partial charge in [0, 0.05) is 31.7 Å².